The second-order valence-electron chi connectivity index (χ2n) is 6.14. The molecule has 0 heterocycles. The van der Waals surface area contributed by atoms with E-state index in [0.717, 1.165) is 15.8 Å². The third-order valence-electron chi connectivity index (χ3n) is 4.21. The Morgan fingerprint density at radius 1 is 1.00 bits per heavy atom. The van der Waals surface area contributed by atoms with Crippen molar-refractivity contribution in [2.75, 3.05) is 35.2 Å². The first kappa shape index (κ1) is 19.7. The zero-order chi connectivity index (χ0) is 19.3. The van der Waals surface area contributed by atoms with Crippen molar-refractivity contribution >= 4 is 44.6 Å². The Morgan fingerprint density at radius 3 is 2.19 bits per heavy atom. The summed E-state index contributed by atoms with van der Waals surface area (Å²) in [6, 6.07) is 10.8. The predicted octanol–water partition coefficient (Wildman–Crippen LogP) is 3.57. The third kappa shape index (κ3) is 4.92. The molecule has 138 valence electrons. The highest BCUT2D eigenvalue weighted by Gasteiger charge is 2.06. The molecular weight excluding hydrogens is 394 g/mol. The molecule has 0 saturated carbocycles. The number of primary amides is 1. The maximum atomic E-state index is 11.2. The summed E-state index contributed by atoms with van der Waals surface area (Å²) >= 11 is 3.43. The standard InChI is InChI=1S/C19H24BrN5O/c1-11(9-24-16-7-6-13(19(23)26)8-15(16)21)12(2)10-25-17-5-3-4-14(20)18(17)22/h3-8,24-25H,9-10,21-22H2,1-2H3,(H2,23,26). The van der Waals surface area contributed by atoms with Crippen LogP contribution in [-0.2, 0) is 0 Å². The molecule has 0 fully saturated rings. The fourth-order valence-electron chi connectivity index (χ4n) is 2.33. The van der Waals surface area contributed by atoms with E-state index in [1.807, 2.05) is 18.2 Å². The fourth-order valence-corrected chi connectivity index (χ4v) is 2.69. The minimum atomic E-state index is -0.493. The van der Waals surface area contributed by atoms with Crippen LogP contribution < -0.4 is 27.8 Å². The zero-order valence-electron chi connectivity index (χ0n) is 14.9. The van der Waals surface area contributed by atoms with Crippen molar-refractivity contribution < 1.29 is 4.79 Å². The van der Waals surface area contributed by atoms with Crippen LogP contribution in [-0.4, -0.2) is 19.0 Å². The lowest BCUT2D eigenvalue weighted by molar-refractivity contribution is 0.100. The maximum absolute atomic E-state index is 11.2. The van der Waals surface area contributed by atoms with Gasteiger partial charge in [-0.2, -0.15) is 0 Å². The molecule has 0 aliphatic rings. The summed E-state index contributed by atoms with van der Waals surface area (Å²) in [4.78, 5) is 11.2. The van der Waals surface area contributed by atoms with Gasteiger partial charge in [0.05, 0.1) is 22.7 Å². The molecule has 0 spiro atoms. The minimum Gasteiger partial charge on any atom is -0.397 e. The normalized spacial score (nSPS) is 11.7. The second-order valence-corrected chi connectivity index (χ2v) is 6.99. The maximum Gasteiger partial charge on any atom is 0.248 e. The molecule has 0 radical (unpaired) electrons. The van der Waals surface area contributed by atoms with Crippen LogP contribution in [0, 0.1) is 0 Å². The number of nitrogen functional groups attached to an aromatic ring is 2. The third-order valence-corrected chi connectivity index (χ3v) is 4.90. The Kier molecular flexibility index (Phi) is 6.52. The highest BCUT2D eigenvalue weighted by molar-refractivity contribution is 9.10. The lowest BCUT2D eigenvalue weighted by atomic mass is 10.1. The van der Waals surface area contributed by atoms with Gasteiger partial charge in [0.2, 0.25) is 5.91 Å². The molecular formula is C19H24BrN5O. The molecule has 0 unspecified atom stereocenters. The van der Waals surface area contributed by atoms with E-state index >= 15 is 0 Å². The topological polar surface area (TPSA) is 119 Å². The number of carbonyl (C=O) groups is 1. The van der Waals surface area contributed by atoms with Crippen LogP contribution in [0.2, 0.25) is 0 Å². The van der Waals surface area contributed by atoms with Gasteiger partial charge in [-0.05, 0) is 60.1 Å². The quantitative estimate of drug-likeness (QED) is 0.348. The van der Waals surface area contributed by atoms with E-state index in [2.05, 4.69) is 40.4 Å². The van der Waals surface area contributed by atoms with Gasteiger partial charge in [-0.3, -0.25) is 4.79 Å². The summed E-state index contributed by atoms with van der Waals surface area (Å²) in [5.41, 5.74) is 22.9. The zero-order valence-corrected chi connectivity index (χ0v) is 16.5. The molecule has 2 rings (SSSR count). The van der Waals surface area contributed by atoms with Gasteiger partial charge in [0.15, 0.2) is 0 Å². The van der Waals surface area contributed by atoms with Crippen molar-refractivity contribution in [1.29, 1.82) is 0 Å². The molecule has 2 aromatic rings. The molecule has 2 aromatic carbocycles. The SMILES string of the molecule is CC(CNc1ccc(C(N)=O)cc1N)=C(C)CNc1cccc(Br)c1N. The Balaban J connectivity index is 1.98. The minimum absolute atomic E-state index is 0.396. The van der Waals surface area contributed by atoms with Gasteiger partial charge in [-0.25, -0.2) is 0 Å². The van der Waals surface area contributed by atoms with Crippen LogP contribution in [0.15, 0.2) is 52.0 Å². The van der Waals surface area contributed by atoms with Crippen molar-refractivity contribution in [1.82, 2.24) is 0 Å². The van der Waals surface area contributed by atoms with Gasteiger partial charge in [0, 0.05) is 23.1 Å². The van der Waals surface area contributed by atoms with Gasteiger partial charge in [0.25, 0.3) is 0 Å². The van der Waals surface area contributed by atoms with Crippen LogP contribution in [0.1, 0.15) is 24.2 Å². The first-order valence-corrected chi connectivity index (χ1v) is 8.95. The Hall–Kier alpha value is -2.67. The molecule has 0 atom stereocenters. The summed E-state index contributed by atoms with van der Waals surface area (Å²) in [7, 11) is 0. The first-order chi connectivity index (χ1) is 12.3. The van der Waals surface area contributed by atoms with E-state index in [0.29, 0.717) is 30.0 Å². The largest absolute Gasteiger partial charge is 0.397 e. The first-order valence-electron chi connectivity index (χ1n) is 8.16. The second kappa shape index (κ2) is 8.62. The number of carbonyl (C=O) groups excluding carboxylic acids is 1. The number of anilines is 4. The average Bonchev–Trinajstić information content (AvgIpc) is 2.61. The Morgan fingerprint density at radius 2 is 1.62 bits per heavy atom. The van der Waals surface area contributed by atoms with E-state index < -0.39 is 5.91 Å². The number of hydrogen-bond donors (Lipinski definition) is 5. The molecule has 7 heteroatoms. The molecule has 0 bridgehead atoms. The summed E-state index contributed by atoms with van der Waals surface area (Å²) in [5, 5.41) is 6.63. The molecule has 0 saturated heterocycles. The molecule has 1 amide bonds. The summed E-state index contributed by atoms with van der Waals surface area (Å²) in [6.45, 7) is 5.45. The van der Waals surface area contributed by atoms with Crippen LogP contribution in [0.4, 0.5) is 22.7 Å². The van der Waals surface area contributed by atoms with Crippen LogP contribution in [0.25, 0.3) is 0 Å². The molecule has 8 N–H and O–H groups in total. The van der Waals surface area contributed by atoms with Crippen LogP contribution in [0.3, 0.4) is 0 Å². The van der Waals surface area contributed by atoms with Gasteiger partial charge in [0.1, 0.15) is 0 Å². The average molecular weight is 418 g/mol. The highest BCUT2D eigenvalue weighted by atomic mass is 79.9. The van der Waals surface area contributed by atoms with Crippen molar-refractivity contribution in [3.63, 3.8) is 0 Å². The molecule has 6 nitrogen and oxygen atoms in total. The highest BCUT2D eigenvalue weighted by Crippen LogP contribution is 2.27. The van der Waals surface area contributed by atoms with Crippen molar-refractivity contribution in [3.8, 4) is 0 Å². The van der Waals surface area contributed by atoms with E-state index in [1.165, 1.54) is 11.1 Å². The molecule has 0 aliphatic carbocycles. The summed E-state index contributed by atoms with van der Waals surface area (Å²) in [6.07, 6.45) is 0. The number of hydrogen-bond acceptors (Lipinski definition) is 5. The number of amides is 1. The van der Waals surface area contributed by atoms with Gasteiger partial charge in [-0.1, -0.05) is 17.2 Å². The van der Waals surface area contributed by atoms with E-state index in [1.54, 1.807) is 18.2 Å². The summed E-state index contributed by atoms with van der Waals surface area (Å²) in [5.74, 6) is -0.493. The van der Waals surface area contributed by atoms with E-state index in [-0.39, 0.29) is 0 Å². The molecule has 0 aliphatic heterocycles. The van der Waals surface area contributed by atoms with E-state index in [9.17, 15) is 4.79 Å². The lowest BCUT2D eigenvalue weighted by Crippen LogP contribution is -2.13. The van der Waals surface area contributed by atoms with Gasteiger partial charge >= 0.3 is 0 Å². The lowest BCUT2D eigenvalue weighted by Gasteiger charge is -2.15. The molecule has 26 heavy (non-hydrogen) atoms. The van der Waals surface area contributed by atoms with Gasteiger partial charge in [-0.15, -0.1) is 0 Å². The van der Waals surface area contributed by atoms with Gasteiger partial charge < -0.3 is 27.8 Å². The Bertz CT molecular complexity index is 848. The number of para-hydroxylation sites is 1. The Labute approximate surface area is 162 Å². The van der Waals surface area contributed by atoms with E-state index in [4.69, 9.17) is 17.2 Å². The van der Waals surface area contributed by atoms with Crippen molar-refractivity contribution in [2.45, 2.75) is 13.8 Å². The number of halogens is 1. The monoisotopic (exact) mass is 417 g/mol. The number of rotatable bonds is 7. The predicted molar refractivity (Wildman–Crippen MR) is 113 cm³/mol. The van der Waals surface area contributed by atoms with Crippen molar-refractivity contribution in [3.05, 3.63) is 57.6 Å². The summed E-state index contributed by atoms with van der Waals surface area (Å²) < 4.78 is 0.873. The number of nitrogens with two attached hydrogens (primary N) is 3. The fraction of sp³-hybridized carbons (Fsp3) is 0.211. The number of nitrogens with one attached hydrogen (secondary N) is 2. The number of benzene rings is 2. The smallest absolute Gasteiger partial charge is 0.248 e. The van der Waals surface area contributed by atoms with Crippen molar-refractivity contribution in [2.24, 2.45) is 5.73 Å². The van der Waals surface area contributed by atoms with Crippen LogP contribution in [0.5, 0.6) is 0 Å². The molecule has 0 aromatic heterocycles. The van der Waals surface area contributed by atoms with Crippen LogP contribution >= 0.6 is 15.9 Å².